The number of benzene rings is 1. The minimum Gasteiger partial charge on any atom is -0.256 e. The molecule has 8 heteroatoms. The molecular weight excluding hydrogens is 372 g/mol. The third-order valence-corrected chi connectivity index (χ3v) is 10.1. The maximum atomic E-state index is 13.2. The summed E-state index contributed by atoms with van der Waals surface area (Å²) in [6, 6.07) is 8.46. The molecule has 2 aromatic rings. The van der Waals surface area contributed by atoms with Crippen LogP contribution in [0.4, 0.5) is 0 Å². The lowest BCUT2D eigenvalue weighted by atomic mass is 9.88. The normalized spacial score (nSPS) is 23.2. The van der Waals surface area contributed by atoms with Gasteiger partial charge < -0.3 is 0 Å². The first kappa shape index (κ1) is 17.9. The van der Waals surface area contributed by atoms with Crippen molar-refractivity contribution in [3.8, 4) is 0 Å². The third kappa shape index (κ3) is 2.84. The summed E-state index contributed by atoms with van der Waals surface area (Å²) in [5.41, 5.74) is 0.733. The van der Waals surface area contributed by atoms with Gasteiger partial charge in [-0.15, -0.1) is 0 Å². The summed E-state index contributed by atoms with van der Waals surface area (Å²) in [7, 11) is -7.01. The van der Waals surface area contributed by atoms with Gasteiger partial charge in [0.25, 0.3) is 0 Å². The Kier molecular flexibility index (Phi) is 4.32. The fraction of sp³-hybridized carbons (Fsp3) is 0.500. The molecule has 0 N–H and O–H groups in total. The Morgan fingerprint density at radius 3 is 2.62 bits per heavy atom. The van der Waals surface area contributed by atoms with Gasteiger partial charge in [-0.25, -0.2) is 16.8 Å². The summed E-state index contributed by atoms with van der Waals surface area (Å²) in [6.07, 6.45) is 5.48. The topological polar surface area (TPSA) is 84.4 Å². The Hall–Kier alpha value is -1.51. The van der Waals surface area contributed by atoms with E-state index in [1.54, 1.807) is 30.5 Å². The highest BCUT2D eigenvalue weighted by Crippen LogP contribution is 2.40. The van der Waals surface area contributed by atoms with E-state index in [9.17, 15) is 16.8 Å². The van der Waals surface area contributed by atoms with Crippen LogP contribution in [-0.4, -0.2) is 49.7 Å². The maximum Gasteiger partial charge on any atom is 0.243 e. The van der Waals surface area contributed by atoms with E-state index in [0.717, 1.165) is 30.2 Å². The molecule has 1 saturated heterocycles. The van der Waals surface area contributed by atoms with Gasteiger partial charge >= 0.3 is 0 Å². The lowest BCUT2D eigenvalue weighted by molar-refractivity contribution is 0.284. The molecule has 1 spiro atoms. The van der Waals surface area contributed by atoms with Crippen LogP contribution in [-0.2, 0) is 19.9 Å². The lowest BCUT2D eigenvalue weighted by Crippen LogP contribution is -2.58. The second kappa shape index (κ2) is 6.28. The fourth-order valence-corrected chi connectivity index (χ4v) is 8.09. The summed E-state index contributed by atoms with van der Waals surface area (Å²) in [6.45, 7) is 0.0975. The maximum absolute atomic E-state index is 13.2. The summed E-state index contributed by atoms with van der Waals surface area (Å²) < 4.78 is 52.2. The Balaban J connectivity index is 1.71. The highest BCUT2D eigenvalue weighted by Gasteiger charge is 2.50. The minimum atomic E-state index is -3.74. The van der Waals surface area contributed by atoms with Crippen molar-refractivity contribution >= 4 is 30.8 Å². The minimum absolute atomic E-state index is 0.0253. The van der Waals surface area contributed by atoms with Crippen molar-refractivity contribution in [2.45, 2.75) is 41.7 Å². The number of hydrogen-bond acceptors (Lipinski definition) is 5. The number of sulfonamides is 1. The van der Waals surface area contributed by atoms with Gasteiger partial charge in [0, 0.05) is 24.7 Å². The summed E-state index contributed by atoms with van der Waals surface area (Å²) in [5, 5.41) is 0.755. The number of rotatable bonds is 2. The number of pyridine rings is 1. The predicted molar refractivity (Wildman–Crippen MR) is 100 cm³/mol. The van der Waals surface area contributed by atoms with Crippen LogP contribution in [0, 0.1) is 0 Å². The molecule has 0 atom stereocenters. The predicted octanol–water partition coefficient (Wildman–Crippen LogP) is 2.36. The van der Waals surface area contributed by atoms with Crippen LogP contribution in [0.15, 0.2) is 41.4 Å². The summed E-state index contributed by atoms with van der Waals surface area (Å²) in [4.78, 5) is 4.41. The quantitative estimate of drug-likeness (QED) is 0.781. The zero-order valence-electron chi connectivity index (χ0n) is 14.5. The highest BCUT2D eigenvalue weighted by molar-refractivity contribution is 7.93. The zero-order valence-corrected chi connectivity index (χ0v) is 16.1. The van der Waals surface area contributed by atoms with Crippen LogP contribution < -0.4 is 0 Å². The van der Waals surface area contributed by atoms with Crippen LogP contribution in [0.5, 0.6) is 0 Å². The van der Waals surface area contributed by atoms with E-state index < -0.39 is 24.6 Å². The third-order valence-electron chi connectivity index (χ3n) is 5.71. The molecule has 2 heterocycles. The Labute approximate surface area is 154 Å². The van der Waals surface area contributed by atoms with Crippen LogP contribution >= 0.6 is 0 Å². The van der Waals surface area contributed by atoms with Gasteiger partial charge in [0.15, 0.2) is 9.84 Å². The molecule has 0 radical (unpaired) electrons. The average molecular weight is 395 g/mol. The molecule has 1 aliphatic carbocycles. The second-order valence-corrected chi connectivity index (χ2v) is 11.7. The Morgan fingerprint density at radius 1 is 1.08 bits per heavy atom. The van der Waals surface area contributed by atoms with E-state index in [1.165, 1.54) is 4.31 Å². The van der Waals surface area contributed by atoms with E-state index in [1.807, 2.05) is 6.07 Å². The molecule has 2 fully saturated rings. The van der Waals surface area contributed by atoms with Crippen molar-refractivity contribution < 1.29 is 16.8 Å². The fourth-order valence-electron chi connectivity index (χ4n) is 4.17. The van der Waals surface area contributed by atoms with Crippen molar-refractivity contribution in [3.05, 3.63) is 36.5 Å². The first-order chi connectivity index (χ1) is 12.3. The summed E-state index contributed by atoms with van der Waals surface area (Å²) in [5.74, 6) is -0.0959. The molecule has 26 heavy (non-hydrogen) atoms. The summed E-state index contributed by atoms with van der Waals surface area (Å²) >= 11 is 0. The van der Waals surface area contributed by atoms with Crippen LogP contribution in [0.2, 0.25) is 0 Å². The average Bonchev–Trinajstić information content (AvgIpc) is 2.64. The zero-order chi connectivity index (χ0) is 18.4. The monoisotopic (exact) mass is 394 g/mol. The van der Waals surface area contributed by atoms with Crippen LogP contribution in [0.1, 0.15) is 32.1 Å². The molecule has 1 aliphatic heterocycles. The molecule has 140 valence electrons. The van der Waals surface area contributed by atoms with Gasteiger partial charge in [-0.2, -0.15) is 4.31 Å². The molecule has 0 amide bonds. The molecule has 0 unspecified atom stereocenters. The number of hydrogen-bond donors (Lipinski definition) is 0. The Morgan fingerprint density at radius 2 is 1.85 bits per heavy atom. The molecule has 6 nitrogen and oxygen atoms in total. The SMILES string of the molecule is O=S(=O)(c1ccc2ncccc2c1)N1CCS(=O)(=O)C2(CCCCC2)C1. The van der Waals surface area contributed by atoms with Crippen LogP contribution in [0.3, 0.4) is 0 Å². The molecule has 1 saturated carbocycles. The van der Waals surface area contributed by atoms with E-state index in [0.29, 0.717) is 12.8 Å². The molecule has 1 aromatic carbocycles. The Bertz CT molecular complexity index is 1040. The van der Waals surface area contributed by atoms with Gasteiger partial charge in [-0.3, -0.25) is 4.98 Å². The van der Waals surface area contributed by atoms with Crippen molar-refractivity contribution in [1.82, 2.24) is 9.29 Å². The standard InChI is InChI=1S/C18H22N2O4S2/c21-25(22)12-11-20(14-18(25)8-2-1-3-9-18)26(23,24)16-6-7-17-15(13-16)5-4-10-19-17/h4-7,10,13H,1-3,8-9,11-12,14H2. The van der Waals surface area contributed by atoms with Crippen molar-refractivity contribution in [1.29, 1.82) is 0 Å². The second-order valence-electron chi connectivity index (χ2n) is 7.26. The lowest BCUT2D eigenvalue weighted by Gasteiger charge is -2.43. The molecule has 2 aliphatic rings. The van der Waals surface area contributed by atoms with Crippen molar-refractivity contribution in [2.75, 3.05) is 18.8 Å². The number of nitrogens with zero attached hydrogens (tertiary/aromatic N) is 2. The molecule has 1 aromatic heterocycles. The first-order valence-corrected chi connectivity index (χ1v) is 12.0. The largest absolute Gasteiger partial charge is 0.256 e. The van der Waals surface area contributed by atoms with Crippen molar-refractivity contribution in [2.24, 2.45) is 0 Å². The first-order valence-electron chi connectivity index (χ1n) is 8.91. The van der Waals surface area contributed by atoms with E-state index in [4.69, 9.17) is 0 Å². The van der Waals surface area contributed by atoms with E-state index in [2.05, 4.69) is 4.98 Å². The van der Waals surface area contributed by atoms with E-state index in [-0.39, 0.29) is 23.7 Å². The highest BCUT2D eigenvalue weighted by atomic mass is 32.2. The molecule has 0 bridgehead atoms. The molecule has 4 rings (SSSR count). The van der Waals surface area contributed by atoms with Gasteiger partial charge in [-0.05, 0) is 37.1 Å². The van der Waals surface area contributed by atoms with Gasteiger partial charge in [0.2, 0.25) is 10.0 Å². The van der Waals surface area contributed by atoms with Gasteiger partial charge in [0.1, 0.15) is 0 Å². The smallest absolute Gasteiger partial charge is 0.243 e. The number of sulfone groups is 1. The van der Waals surface area contributed by atoms with Gasteiger partial charge in [0.05, 0.1) is 20.9 Å². The molecular formula is C18H22N2O4S2. The number of fused-ring (bicyclic) bond motifs is 1. The van der Waals surface area contributed by atoms with Crippen molar-refractivity contribution in [3.63, 3.8) is 0 Å². The van der Waals surface area contributed by atoms with E-state index >= 15 is 0 Å². The number of aromatic nitrogens is 1. The van der Waals surface area contributed by atoms with Crippen LogP contribution in [0.25, 0.3) is 10.9 Å². The van der Waals surface area contributed by atoms with Gasteiger partial charge in [-0.1, -0.05) is 25.3 Å².